The fourth-order valence-electron chi connectivity index (χ4n) is 1.67. The molecule has 0 amide bonds. The van der Waals surface area contributed by atoms with Crippen LogP contribution >= 0.6 is 11.8 Å². The molecule has 0 aliphatic rings. The Labute approximate surface area is 115 Å². The maximum Gasteiger partial charge on any atom is 0.343 e. The van der Waals surface area contributed by atoms with E-state index in [1.807, 2.05) is 30.5 Å². The van der Waals surface area contributed by atoms with Gasteiger partial charge in [0.15, 0.2) is 0 Å². The first kappa shape index (κ1) is 13.5. The van der Waals surface area contributed by atoms with Gasteiger partial charge in [-0.15, -0.1) is 11.8 Å². The van der Waals surface area contributed by atoms with Crippen LogP contribution in [0.1, 0.15) is 17.3 Å². The topological polar surface area (TPSA) is 70.1 Å². The minimum Gasteiger partial charge on any atom is -0.462 e. The molecule has 0 bridgehead atoms. The molecule has 0 aliphatic heterocycles. The third-order valence-electron chi connectivity index (χ3n) is 2.60. The molecule has 0 spiro atoms. The second-order valence-electron chi connectivity index (χ2n) is 3.78. The number of anilines is 1. The largest absolute Gasteiger partial charge is 0.462 e. The molecule has 1 aromatic heterocycles. The molecule has 5 nitrogen and oxygen atoms in total. The smallest absolute Gasteiger partial charge is 0.343 e. The molecule has 0 radical (unpaired) electrons. The minimum atomic E-state index is -0.452. The summed E-state index contributed by atoms with van der Waals surface area (Å²) in [5, 5.41) is 4.15. The summed E-state index contributed by atoms with van der Waals surface area (Å²) in [4.78, 5) is 12.8. The first-order chi connectivity index (χ1) is 9.17. The Morgan fingerprint density at radius 1 is 1.53 bits per heavy atom. The fourth-order valence-corrected chi connectivity index (χ4v) is 2.13. The van der Waals surface area contributed by atoms with E-state index in [1.165, 1.54) is 10.9 Å². The Bertz CT molecular complexity index is 595. The van der Waals surface area contributed by atoms with Crippen LogP contribution in [0.15, 0.2) is 35.4 Å². The molecular formula is C13H15N3O2S. The lowest BCUT2D eigenvalue weighted by Crippen LogP contribution is -2.08. The molecule has 0 fully saturated rings. The zero-order valence-electron chi connectivity index (χ0n) is 10.8. The van der Waals surface area contributed by atoms with Crippen LogP contribution in [0.5, 0.6) is 0 Å². The van der Waals surface area contributed by atoms with Gasteiger partial charge in [0.2, 0.25) is 0 Å². The van der Waals surface area contributed by atoms with Gasteiger partial charge in [-0.05, 0) is 31.4 Å². The summed E-state index contributed by atoms with van der Waals surface area (Å²) in [7, 11) is 0. The van der Waals surface area contributed by atoms with Crippen LogP contribution in [-0.2, 0) is 4.74 Å². The molecule has 0 aliphatic carbocycles. The molecule has 1 heterocycles. The second-order valence-corrected chi connectivity index (χ2v) is 4.66. The summed E-state index contributed by atoms with van der Waals surface area (Å²) in [6.07, 6.45) is 3.43. The van der Waals surface area contributed by atoms with Crippen molar-refractivity contribution in [3.8, 4) is 5.69 Å². The molecule has 0 unspecified atom stereocenters. The molecule has 2 N–H and O–H groups in total. The number of ether oxygens (including phenoxy) is 1. The van der Waals surface area contributed by atoms with Gasteiger partial charge in [0, 0.05) is 4.90 Å². The van der Waals surface area contributed by atoms with Gasteiger partial charge in [-0.25, -0.2) is 9.48 Å². The van der Waals surface area contributed by atoms with Gasteiger partial charge in [0.25, 0.3) is 0 Å². The molecule has 0 saturated heterocycles. The molecular weight excluding hydrogens is 262 g/mol. The van der Waals surface area contributed by atoms with E-state index in [9.17, 15) is 4.79 Å². The number of hydrogen-bond acceptors (Lipinski definition) is 5. The fraction of sp³-hybridized carbons (Fsp3) is 0.231. The third kappa shape index (κ3) is 2.73. The van der Waals surface area contributed by atoms with E-state index >= 15 is 0 Å². The number of carbonyl (C=O) groups excluding carboxylic acids is 1. The predicted octanol–water partition coefficient (Wildman–Crippen LogP) is 2.35. The number of nitrogens with zero attached hydrogens (tertiary/aromatic N) is 2. The van der Waals surface area contributed by atoms with Crippen LogP contribution in [0.4, 0.5) is 5.82 Å². The molecule has 6 heteroatoms. The predicted molar refractivity (Wildman–Crippen MR) is 75.7 cm³/mol. The second kappa shape index (κ2) is 5.79. The van der Waals surface area contributed by atoms with Gasteiger partial charge in [-0.3, -0.25) is 0 Å². The van der Waals surface area contributed by atoms with Gasteiger partial charge in [-0.1, -0.05) is 6.07 Å². The normalized spacial score (nSPS) is 10.4. The average molecular weight is 277 g/mol. The lowest BCUT2D eigenvalue weighted by molar-refractivity contribution is 0.0527. The molecule has 1 aromatic carbocycles. The molecule has 0 saturated carbocycles. The van der Waals surface area contributed by atoms with Crippen LogP contribution in [-0.4, -0.2) is 28.6 Å². The summed E-state index contributed by atoms with van der Waals surface area (Å²) in [6, 6.07) is 7.77. The number of esters is 1. The summed E-state index contributed by atoms with van der Waals surface area (Å²) >= 11 is 1.63. The van der Waals surface area contributed by atoms with Crippen LogP contribution in [0.2, 0.25) is 0 Å². The molecule has 2 aromatic rings. The van der Waals surface area contributed by atoms with E-state index in [0.29, 0.717) is 6.61 Å². The van der Waals surface area contributed by atoms with Crippen LogP contribution < -0.4 is 5.73 Å². The van der Waals surface area contributed by atoms with Gasteiger partial charge >= 0.3 is 5.97 Å². The standard InChI is InChI=1S/C13H15N3O2S/c1-3-18-13(17)11-8-15-16(12(11)14)9-5-4-6-10(7-9)19-2/h4-8H,3,14H2,1-2H3. The quantitative estimate of drug-likeness (QED) is 0.686. The van der Waals surface area contributed by atoms with Crippen molar-refractivity contribution in [2.45, 2.75) is 11.8 Å². The summed E-state index contributed by atoms with van der Waals surface area (Å²) in [5.41, 5.74) is 7.06. The zero-order chi connectivity index (χ0) is 13.8. The van der Waals surface area contributed by atoms with Crippen molar-refractivity contribution in [2.75, 3.05) is 18.6 Å². The Kier molecular flexibility index (Phi) is 4.11. The zero-order valence-corrected chi connectivity index (χ0v) is 11.6. The van der Waals surface area contributed by atoms with Crippen LogP contribution in [0, 0.1) is 0 Å². The first-order valence-electron chi connectivity index (χ1n) is 5.82. The van der Waals surface area contributed by atoms with Gasteiger partial charge in [0.1, 0.15) is 11.4 Å². The number of carbonyl (C=O) groups is 1. The SMILES string of the molecule is CCOC(=O)c1cnn(-c2cccc(SC)c2)c1N. The van der Waals surface area contributed by atoms with Crippen LogP contribution in [0.3, 0.4) is 0 Å². The maximum absolute atomic E-state index is 11.7. The highest BCUT2D eigenvalue weighted by Gasteiger charge is 2.16. The van der Waals surface area contributed by atoms with E-state index in [2.05, 4.69) is 5.10 Å². The van der Waals surface area contributed by atoms with E-state index < -0.39 is 5.97 Å². The van der Waals surface area contributed by atoms with E-state index in [4.69, 9.17) is 10.5 Å². The molecule has 2 rings (SSSR count). The van der Waals surface area contributed by atoms with E-state index in [0.717, 1.165) is 10.6 Å². The van der Waals surface area contributed by atoms with Crippen LogP contribution in [0.25, 0.3) is 5.69 Å². The van der Waals surface area contributed by atoms with E-state index in [-0.39, 0.29) is 11.4 Å². The monoisotopic (exact) mass is 277 g/mol. The van der Waals surface area contributed by atoms with Gasteiger partial charge < -0.3 is 10.5 Å². The van der Waals surface area contributed by atoms with Crippen molar-refractivity contribution in [1.29, 1.82) is 0 Å². The molecule has 0 atom stereocenters. The first-order valence-corrected chi connectivity index (χ1v) is 7.05. The number of thioether (sulfide) groups is 1. The Morgan fingerprint density at radius 3 is 3.00 bits per heavy atom. The average Bonchev–Trinajstić information content (AvgIpc) is 2.81. The van der Waals surface area contributed by atoms with Crippen molar-refractivity contribution < 1.29 is 9.53 Å². The number of aromatic nitrogens is 2. The number of nitrogens with two attached hydrogens (primary N) is 1. The number of nitrogen functional groups attached to an aromatic ring is 1. The van der Waals surface area contributed by atoms with Crippen molar-refractivity contribution in [3.63, 3.8) is 0 Å². The van der Waals surface area contributed by atoms with Crippen molar-refractivity contribution in [1.82, 2.24) is 9.78 Å². The highest BCUT2D eigenvalue weighted by Crippen LogP contribution is 2.22. The maximum atomic E-state index is 11.7. The minimum absolute atomic E-state index is 0.288. The third-order valence-corrected chi connectivity index (χ3v) is 3.33. The lowest BCUT2D eigenvalue weighted by Gasteiger charge is -2.06. The Hall–Kier alpha value is -1.95. The number of benzene rings is 1. The Balaban J connectivity index is 2.38. The molecule has 100 valence electrons. The van der Waals surface area contributed by atoms with Gasteiger partial charge in [0.05, 0.1) is 18.5 Å². The van der Waals surface area contributed by atoms with Gasteiger partial charge in [-0.2, -0.15) is 5.10 Å². The summed E-state index contributed by atoms with van der Waals surface area (Å²) < 4.78 is 6.46. The Morgan fingerprint density at radius 2 is 2.32 bits per heavy atom. The van der Waals surface area contributed by atoms with Crippen molar-refractivity contribution >= 4 is 23.5 Å². The van der Waals surface area contributed by atoms with E-state index in [1.54, 1.807) is 18.7 Å². The number of hydrogen-bond donors (Lipinski definition) is 1. The number of rotatable bonds is 4. The highest BCUT2D eigenvalue weighted by atomic mass is 32.2. The lowest BCUT2D eigenvalue weighted by atomic mass is 10.3. The highest BCUT2D eigenvalue weighted by molar-refractivity contribution is 7.98. The van der Waals surface area contributed by atoms with Crippen molar-refractivity contribution in [3.05, 3.63) is 36.0 Å². The summed E-state index contributed by atoms with van der Waals surface area (Å²) in [6.45, 7) is 2.06. The molecule has 19 heavy (non-hydrogen) atoms. The van der Waals surface area contributed by atoms with Crippen molar-refractivity contribution in [2.24, 2.45) is 0 Å². The summed E-state index contributed by atoms with van der Waals surface area (Å²) in [5.74, 6) is -0.163.